The van der Waals surface area contributed by atoms with Gasteiger partial charge in [0.05, 0.1) is 0 Å². The number of rotatable bonds is 5. The van der Waals surface area contributed by atoms with Crippen molar-refractivity contribution in [1.29, 1.82) is 0 Å². The van der Waals surface area contributed by atoms with Gasteiger partial charge in [-0.05, 0) is 44.9 Å². The van der Waals surface area contributed by atoms with Gasteiger partial charge in [-0.15, -0.1) is 0 Å². The minimum atomic E-state index is 0.204. The summed E-state index contributed by atoms with van der Waals surface area (Å²) in [5.74, 6) is 0. The summed E-state index contributed by atoms with van der Waals surface area (Å²) >= 11 is 3.62. The van der Waals surface area contributed by atoms with Gasteiger partial charge in [-0.25, -0.2) is 0 Å². The first-order valence-corrected chi connectivity index (χ1v) is 6.66. The topological polar surface area (TPSA) is 29.3 Å². The molecule has 0 fully saturated rings. The molecule has 1 aromatic rings. The maximum Gasteiger partial charge on any atom is 0.0377 e. The fourth-order valence-electron chi connectivity index (χ4n) is 1.83. The van der Waals surface area contributed by atoms with Crippen LogP contribution in [0.3, 0.4) is 0 Å². The summed E-state index contributed by atoms with van der Waals surface area (Å²) in [5, 5.41) is 0. The van der Waals surface area contributed by atoms with Crippen molar-refractivity contribution in [2.75, 3.05) is 18.0 Å². The van der Waals surface area contributed by atoms with Crippen molar-refractivity contribution in [2.24, 2.45) is 5.73 Å². The van der Waals surface area contributed by atoms with E-state index in [1.54, 1.807) is 0 Å². The van der Waals surface area contributed by atoms with E-state index in [2.05, 4.69) is 52.9 Å². The van der Waals surface area contributed by atoms with E-state index < -0.39 is 0 Å². The van der Waals surface area contributed by atoms with E-state index in [1.807, 2.05) is 6.92 Å². The fourth-order valence-corrected chi connectivity index (χ4v) is 2.36. The largest absolute Gasteiger partial charge is 0.372 e. The smallest absolute Gasteiger partial charge is 0.0377 e. The summed E-state index contributed by atoms with van der Waals surface area (Å²) in [6.45, 7) is 8.45. The molecule has 0 aliphatic rings. The molecule has 90 valence electrons. The number of anilines is 1. The van der Waals surface area contributed by atoms with Gasteiger partial charge in [0.25, 0.3) is 0 Å². The maximum atomic E-state index is 5.81. The SMILES string of the molecule is CCN(CC)c1ccc(CC(C)N)c(Br)c1. The lowest BCUT2D eigenvalue weighted by atomic mass is 10.1. The van der Waals surface area contributed by atoms with Gasteiger partial charge in [-0.2, -0.15) is 0 Å². The van der Waals surface area contributed by atoms with Gasteiger partial charge in [-0.3, -0.25) is 0 Å². The Labute approximate surface area is 107 Å². The second-order valence-corrected chi connectivity index (χ2v) is 4.98. The van der Waals surface area contributed by atoms with Crippen molar-refractivity contribution >= 4 is 21.6 Å². The first-order valence-electron chi connectivity index (χ1n) is 5.87. The minimum absolute atomic E-state index is 0.204. The fraction of sp³-hybridized carbons (Fsp3) is 0.538. The van der Waals surface area contributed by atoms with Crippen molar-refractivity contribution in [1.82, 2.24) is 0 Å². The Bertz CT molecular complexity index is 333. The van der Waals surface area contributed by atoms with E-state index in [4.69, 9.17) is 5.73 Å². The third-order valence-electron chi connectivity index (χ3n) is 2.71. The molecule has 3 heteroatoms. The van der Waals surface area contributed by atoms with Crippen molar-refractivity contribution in [3.05, 3.63) is 28.2 Å². The van der Waals surface area contributed by atoms with Gasteiger partial charge >= 0.3 is 0 Å². The van der Waals surface area contributed by atoms with Crippen LogP contribution in [0, 0.1) is 0 Å². The second-order valence-electron chi connectivity index (χ2n) is 4.13. The van der Waals surface area contributed by atoms with Crippen LogP contribution in [0.2, 0.25) is 0 Å². The normalized spacial score (nSPS) is 12.6. The summed E-state index contributed by atoms with van der Waals surface area (Å²) in [6, 6.07) is 6.73. The Kier molecular flexibility index (Phi) is 5.29. The zero-order valence-corrected chi connectivity index (χ0v) is 11.9. The van der Waals surface area contributed by atoms with E-state index in [0.717, 1.165) is 24.0 Å². The van der Waals surface area contributed by atoms with E-state index in [1.165, 1.54) is 11.3 Å². The number of nitrogens with two attached hydrogens (primary N) is 1. The van der Waals surface area contributed by atoms with Crippen LogP contribution in [-0.2, 0) is 6.42 Å². The van der Waals surface area contributed by atoms with Gasteiger partial charge in [-0.1, -0.05) is 22.0 Å². The van der Waals surface area contributed by atoms with Crippen molar-refractivity contribution in [3.63, 3.8) is 0 Å². The Hall–Kier alpha value is -0.540. The molecule has 0 heterocycles. The van der Waals surface area contributed by atoms with Crippen LogP contribution in [0.25, 0.3) is 0 Å². The molecule has 0 aromatic heterocycles. The molecule has 0 bridgehead atoms. The van der Waals surface area contributed by atoms with E-state index in [-0.39, 0.29) is 6.04 Å². The van der Waals surface area contributed by atoms with Gasteiger partial charge in [0.1, 0.15) is 0 Å². The van der Waals surface area contributed by atoms with Gasteiger partial charge in [0.15, 0.2) is 0 Å². The number of hydrogen-bond acceptors (Lipinski definition) is 2. The predicted molar refractivity (Wildman–Crippen MR) is 75.1 cm³/mol. The van der Waals surface area contributed by atoms with Gasteiger partial charge in [0.2, 0.25) is 0 Å². The molecule has 0 radical (unpaired) electrons. The lowest BCUT2D eigenvalue weighted by molar-refractivity contribution is 0.735. The molecule has 2 N–H and O–H groups in total. The van der Waals surface area contributed by atoms with E-state index in [9.17, 15) is 0 Å². The maximum absolute atomic E-state index is 5.81. The molecular formula is C13H21BrN2. The highest BCUT2D eigenvalue weighted by atomic mass is 79.9. The van der Waals surface area contributed by atoms with E-state index in [0.29, 0.717) is 0 Å². The Morgan fingerprint density at radius 2 is 1.94 bits per heavy atom. The summed E-state index contributed by atoms with van der Waals surface area (Å²) in [5.41, 5.74) is 8.36. The molecule has 1 aromatic carbocycles. The summed E-state index contributed by atoms with van der Waals surface area (Å²) in [6.07, 6.45) is 0.916. The molecule has 16 heavy (non-hydrogen) atoms. The molecule has 0 saturated heterocycles. The first-order chi connectivity index (χ1) is 7.58. The lowest BCUT2D eigenvalue weighted by Crippen LogP contribution is -2.22. The Balaban J connectivity index is 2.89. The molecule has 1 atom stereocenters. The number of hydrogen-bond donors (Lipinski definition) is 1. The van der Waals surface area contributed by atoms with Crippen LogP contribution in [0.1, 0.15) is 26.3 Å². The lowest BCUT2D eigenvalue weighted by Gasteiger charge is -2.22. The molecule has 0 aliphatic carbocycles. The average Bonchev–Trinajstić information content (AvgIpc) is 2.23. The Morgan fingerprint density at radius 3 is 2.38 bits per heavy atom. The predicted octanol–water partition coefficient (Wildman–Crippen LogP) is 3.19. The molecule has 0 spiro atoms. The molecule has 0 aliphatic heterocycles. The first kappa shape index (κ1) is 13.5. The summed E-state index contributed by atoms with van der Waals surface area (Å²) in [4.78, 5) is 2.33. The average molecular weight is 285 g/mol. The quantitative estimate of drug-likeness (QED) is 0.900. The number of benzene rings is 1. The van der Waals surface area contributed by atoms with E-state index >= 15 is 0 Å². The number of nitrogens with zero attached hydrogens (tertiary/aromatic N) is 1. The highest BCUT2D eigenvalue weighted by Gasteiger charge is 2.07. The molecule has 1 unspecified atom stereocenters. The van der Waals surface area contributed by atoms with Crippen LogP contribution in [0.5, 0.6) is 0 Å². The molecule has 1 rings (SSSR count). The summed E-state index contributed by atoms with van der Waals surface area (Å²) < 4.78 is 1.16. The van der Waals surface area contributed by atoms with Crippen LogP contribution in [0.15, 0.2) is 22.7 Å². The zero-order chi connectivity index (χ0) is 12.1. The monoisotopic (exact) mass is 284 g/mol. The number of halogens is 1. The van der Waals surface area contributed by atoms with Gasteiger partial charge < -0.3 is 10.6 Å². The third-order valence-corrected chi connectivity index (χ3v) is 3.45. The van der Waals surface area contributed by atoms with Gasteiger partial charge in [0, 0.05) is 29.3 Å². The molecule has 0 amide bonds. The molecule has 2 nitrogen and oxygen atoms in total. The van der Waals surface area contributed by atoms with Crippen LogP contribution in [-0.4, -0.2) is 19.1 Å². The third kappa shape index (κ3) is 3.49. The second kappa shape index (κ2) is 6.26. The minimum Gasteiger partial charge on any atom is -0.372 e. The molecule has 0 saturated carbocycles. The van der Waals surface area contributed by atoms with Crippen molar-refractivity contribution < 1.29 is 0 Å². The van der Waals surface area contributed by atoms with Crippen molar-refractivity contribution in [3.8, 4) is 0 Å². The Morgan fingerprint density at radius 1 is 1.31 bits per heavy atom. The summed E-state index contributed by atoms with van der Waals surface area (Å²) in [7, 11) is 0. The van der Waals surface area contributed by atoms with Crippen LogP contribution in [0.4, 0.5) is 5.69 Å². The van der Waals surface area contributed by atoms with Crippen molar-refractivity contribution in [2.45, 2.75) is 33.2 Å². The van der Waals surface area contributed by atoms with Crippen LogP contribution < -0.4 is 10.6 Å². The highest BCUT2D eigenvalue weighted by molar-refractivity contribution is 9.10. The zero-order valence-electron chi connectivity index (χ0n) is 10.3. The molecular weight excluding hydrogens is 264 g/mol. The highest BCUT2D eigenvalue weighted by Crippen LogP contribution is 2.24. The standard InChI is InChI=1S/C13H21BrN2/c1-4-16(5-2)12-7-6-11(8-10(3)15)13(14)9-12/h6-7,9-10H,4-5,8,15H2,1-3H3. The van der Waals surface area contributed by atoms with Crippen LogP contribution >= 0.6 is 15.9 Å².